The Morgan fingerprint density at radius 1 is 1.16 bits per heavy atom. The number of fused-ring (bicyclic) bond motifs is 1. The molecule has 0 bridgehead atoms. The monoisotopic (exact) mass is 481 g/mol. The fourth-order valence-corrected chi connectivity index (χ4v) is 3.85. The minimum atomic E-state index is -5.21. The van der Waals surface area contributed by atoms with E-state index < -0.39 is 7.82 Å². The van der Waals surface area contributed by atoms with Gasteiger partial charge in [0.1, 0.15) is 13.6 Å². The molecule has 0 aliphatic carbocycles. The summed E-state index contributed by atoms with van der Waals surface area (Å²) >= 11 is 1.25. The van der Waals surface area contributed by atoms with Crippen LogP contribution in [-0.2, 0) is 4.57 Å². The zero-order chi connectivity index (χ0) is 20.6. The molecule has 14 heteroatoms. The summed E-state index contributed by atoms with van der Waals surface area (Å²) < 4.78 is 33.4. The van der Waals surface area contributed by atoms with Gasteiger partial charge in [0.05, 0.1) is 24.7 Å². The second-order valence-corrected chi connectivity index (χ2v) is 7.74. The third-order valence-electron chi connectivity index (χ3n) is 4.11. The minimum absolute atomic E-state index is 0. The van der Waals surface area contributed by atoms with Gasteiger partial charge in [-0.1, -0.05) is 11.3 Å². The maximum absolute atomic E-state index is 11.1. The van der Waals surface area contributed by atoms with Crippen molar-refractivity contribution in [2.45, 2.75) is 4.90 Å². The van der Waals surface area contributed by atoms with E-state index in [-0.39, 0.29) is 71.7 Å². The zero-order valence-corrected chi connectivity index (χ0v) is 22.9. The van der Waals surface area contributed by atoms with Crippen molar-refractivity contribution in [2.75, 3.05) is 20.2 Å². The summed E-state index contributed by atoms with van der Waals surface area (Å²) in [7, 11) is -3.70. The third-order valence-corrected chi connectivity index (χ3v) is 5.30. The average molecular weight is 481 g/mol. The molecular weight excluding hydrogens is 467 g/mol. The van der Waals surface area contributed by atoms with Gasteiger partial charge in [-0.05, 0) is 18.4 Å². The van der Waals surface area contributed by atoms with Gasteiger partial charge in [-0.3, -0.25) is 0 Å². The van der Waals surface area contributed by atoms with Crippen LogP contribution >= 0.6 is 19.6 Å². The third kappa shape index (κ3) is 5.80. The van der Waals surface area contributed by atoms with Crippen molar-refractivity contribution in [3.63, 3.8) is 0 Å². The van der Waals surface area contributed by atoms with E-state index >= 15 is 0 Å². The number of hydrogen-bond acceptors (Lipinski definition) is 10. The molecule has 3 aromatic rings. The van der Waals surface area contributed by atoms with Gasteiger partial charge in [0.2, 0.25) is 12.5 Å². The largest absolute Gasteiger partial charge is 1.00 e. The fraction of sp³-hybridized carbons (Fsp3) is 0.176. The van der Waals surface area contributed by atoms with Crippen LogP contribution in [0.15, 0.2) is 41.4 Å². The Balaban J connectivity index is 0.00000171. The summed E-state index contributed by atoms with van der Waals surface area (Å²) in [6, 6.07) is 8.29. The number of aromatic nitrogens is 3. The van der Waals surface area contributed by atoms with Gasteiger partial charge >= 0.3 is 59.1 Å². The van der Waals surface area contributed by atoms with Gasteiger partial charge in [-0.25, -0.2) is 4.68 Å². The fourth-order valence-electron chi connectivity index (χ4n) is 2.89. The summed E-state index contributed by atoms with van der Waals surface area (Å²) in [4.78, 5) is 22.7. The van der Waals surface area contributed by atoms with Crippen LogP contribution in [0.4, 0.5) is 0 Å². The molecule has 4 rings (SSSR count). The van der Waals surface area contributed by atoms with E-state index in [4.69, 9.17) is 14.2 Å². The van der Waals surface area contributed by atoms with Gasteiger partial charge in [0.15, 0.2) is 11.5 Å². The summed E-state index contributed by atoms with van der Waals surface area (Å²) in [5.74, 6) is 1.41. The van der Waals surface area contributed by atoms with E-state index in [9.17, 15) is 14.4 Å². The number of phosphoric acid groups is 1. The quantitative estimate of drug-likeness (QED) is 0.193. The SMILES string of the molecule is COc1cc(-n2nncc2-c2ccc(SC)c(OP(=O)([O-])[O-])c2)cc2c1OCO2.[Na+].[Na+]. The molecule has 1 aromatic heterocycles. The molecule has 0 amide bonds. The van der Waals surface area contributed by atoms with Crippen molar-refractivity contribution >= 4 is 19.6 Å². The van der Waals surface area contributed by atoms with Gasteiger partial charge in [0, 0.05) is 22.6 Å². The average Bonchev–Trinajstić information content (AvgIpc) is 3.35. The molecule has 31 heavy (non-hydrogen) atoms. The number of methoxy groups -OCH3 is 1. The van der Waals surface area contributed by atoms with E-state index in [0.717, 1.165) is 0 Å². The molecule has 0 saturated carbocycles. The Morgan fingerprint density at radius 2 is 1.94 bits per heavy atom. The first-order chi connectivity index (χ1) is 13.9. The predicted octanol–water partition coefficient (Wildman–Crippen LogP) is -4.39. The van der Waals surface area contributed by atoms with E-state index in [1.807, 2.05) is 0 Å². The maximum atomic E-state index is 11.1. The number of nitrogens with zero attached hydrogens (tertiary/aromatic N) is 3. The van der Waals surface area contributed by atoms with Crippen molar-refractivity contribution in [1.82, 2.24) is 15.0 Å². The summed E-state index contributed by atoms with van der Waals surface area (Å²) in [6.07, 6.45) is 3.25. The van der Waals surface area contributed by atoms with Crippen LogP contribution in [0.2, 0.25) is 0 Å². The van der Waals surface area contributed by atoms with Gasteiger partial charge in [-0.15, -0.1) is 16.9 Å². The number of ether oxygens (including phenoxy) is 3. The van der Waals surface area contributed by atoms with Crippen LogP contribution in [0.25, 0.3) is 16.9 Å². The second kappa shape index (κ2) is 10.9. The molecule has 2 aromatic carbocycles. The van der Waals surface area contributed by atoms with Crippen molar-refractivity contribution < 1.29 is 92.2 Å². The predicted molar refractivity (Wildman–Crippen MR) is 99.5 cm³/mol. The minimum Gasteiger partial charge on any atom is -0.780 e. The van der Waals surface area contributed by atoms with Gasteiger partial charge in [-0.2, -0.15) is 0 Å². The number of hydrogen-bond donors (Lipinski definition) is 0. The van der Waals surface area contributed by atoms with Crippen molar-refractivity contribution in [3.05, 3.63) is 36.5 Å². The van der Waals surface area contributed by atoms with Crippen molar-refractivity contribution in [1.29, 1.82) is 0 Å². The molecule has 152 valence electrons. The van der Waals surface area contributed by atoms with Gasteiger partial charge in [0.25, 0.3) is 0 Å². The van der Waals surface area contributed by atoms with E-state index in [1.165, 1.54) is 35.8 Å². The molecule has 1 aliphatic rings. The number of phosphoric ester groups is 1. The Morgan fingerprint density at radius 3 is 2.61 bits per heavy atom. The molecule has 0 saturated heterocycles. The molecule has 1 aliphatic heterocycles. The van der Waals surface area contributed by atoms with Crippen LogP contribution in [0.3, 0.4) is 0 Å². The van der Waals surface area contributed by atoms with Crippen LogP contribution in [0.5, 0.6) is 23.0 Å². The topological polar surface area (TPSA) is 131 Å². The number of benzene rings is 2. The van der Waals surface area contributed by atoms with E-state index in [2.05, 4.69) is 14.8 Å². The zero-order valence-electron chi connectivity index (χ0n) is 17.2. The van der Waals surface area contributed by atoms with Crippen LogP contribution in [-0.4, -0.2) is 35.2 Å². The molecular formula is C17H14N3Na2O7PS. The summed E-state index contributed by atoms with van der Waals surface area (Å²) in [6.45, 7) is 0.0840. The first kappa shape index (κ1) is 26.5. The summed E-state index contributed by atoms with van der Waals surface area (Å²) in [5, 5.41) is 8.05. The van der Waals surface area contributed by atoms with Gasteiger partial charge < -0.3 is 33.1 Å². The standard InChI is InChI=1S/C17H16N3O7PS.2Na/c1-24-14-6-11(7-15-17(14)26-9-25-15)20-12(8-18-19-20)10-3-4-16(29-2)13(5-10)27-28(21,22)23;;/h3-8H,9H2,1-2H3,(H2,21,22,23);;/q;2*+1/p-2. The Kier molecular flexibility index (Phi) is 9.36. The molecule has 0 unspecified atom stereocenters. The maximum Gasteiger partial charge on any atom is 1.00 e. The van der Waals surface area contributed by atoms with Crippen LogP contribution in [0, 0.1) is 0 Å². The molecule has 2 heterocycles. The van der Waals surface area contributed by atoms with Crippen LogP contribution < -0.4 is 87.6 Å². The first-order valence-electron chi connectivity index (χ1n) is 8.18. The smallest absolute Gasteiger partial charge is 0.780 e. The Labute approximate surface area is 226 Å². The molecule has 0 fully saturated rings. The summed E-state index contributed by atoms with van der Waals surface area (Å²) in [5.41, 5.74) is 1.68. The molecule has 0 atom stereocenters. The molecule has 0 spiro atoms. The van der Waals surface area contributed by atoms with Crippen LogP contribution in [0.1, 0.15) is 0 Å². The Bertz CT molecular complexity index is 1130. The van der Waals surface area contributed by atoms with E-state index in [1.54, 1.807) is 30.5 Å². The molecule has 10 nitrogen and oxygen atoms in total. The second-order valence-electron chi connectivity index (χ2n) is 5.82. The molecule has 0 radical (unpaired) electrons. The normalized spacial score (nSPS) is 12.0. The number of rotatable bonds is 6. The van der Waals surface area contributed by atoms with Crippen molar-refractivity contribution in [2.24, 2.45) is 0 Å². The first-order valence-corrected chi connectivity index (χ1v) is 10.9. The Hall–Kier alpha value is -0.720. The molecule has 0 N–H and O–H groups in total. The van der Waals surface area contributed by atoms with E-state index in [0.29, 0.717) is 39.1 Å². The van der Waals surface area contributed by atoms with Crippen molar-refractivity contribution in [3.8, 4) is 39.9 Å². The number of thioether (sulfide) groups is 1.